The molecule has 3 N–H and O–H groups in total. The van der Waals surface area contributed by atoms with Crippen LogP contribution >= 0.6 is 0 Å². The van der Waals surface area contributed by atoms with Gasteiger partial charge in [0.15, 0.2) is 0 Å². The Bertz CT molecular complexity index is 802. The van der Waals surface area contributed by atoms with E-state index in [-0.39, 0.29) is 5.91 Å². The van der Waals surface area contributed by atoms with Crippen molar-refractivity contribution in [2.75, 3.05) is 11.1 Å². The minimum Gasteiger partial charge on any atom is -0.397 e. The van der Waals surface area contributed by atoms with Gasteiger partial charge in [-0.2, -0.15) is 0 Å². The summed E-state index contributed by atoms with van der Waals surface area (Å²) in [6, 6.07) is 11.1. The van der Waals surface area contributed by atoms with Crippen molar-refractivity contribution in [3.05, 3.63) is 54.5 Å². The van der Waals surface area contributed by atoms with Gasteiger partial charge in [0, 0.05) is 24.3 Å². The van der Waals surface area contributed by atoms with Crippen LogP contribution < -0.4 is 11.1 Å². The molecule has 1 aromatic carbocycles. The Morgan fingerprint density at radius 2 is 2.19 bits per heavy atom. The van der Waals surface area contributed by atoms with Crippen LogP contribution in [0.5, 0.6) is 0 Å². The van der Waals surface area contributed by atoms with Gasteiger partial charge in [-0.25, -0.2) is 0 Å². The summed E-state index contributed by atoms with van der Waals surface area (Å²) in [5, 5.41) is 3.85. The van der Waals surface area contributed by atoms with Gasteiger partial charge in [-0.15, -0.1) is 0 Å². The summed E-state index contributed by atoms with van der Waals surface area (Å²) < 4.78 is 1.83. The van der Waals surface area contributed by atoms with E-state index >= 15 is 0 Å². The van der Waals surface area contributed by atoms with Gasteiger partial charge < -0.3 is 15.6 Å². The quantitative estimate of drug-likeness (QED) is 0.774. The molecule has 0 fully saturated rings. The number of fused-ring (bicyclic) bond motifs is 1. The first kappa shape index (κ1) is 13.2. The van der Waals surface area contributed by atoms with Crippen LogP contribution in [-0.4, -0.2) is 15.5 Å². The van der Waals surface area contributed by atoms with E-state index in [0.29, 0.717) is 17.9 Å². The molecule has 3 aromatic rings. The zero-order valence-electron chi connectivity index (χ0n) is 11.7. The molecular formula is C16H16N4O. The minimum absolute atomic E-state index is 0.176. The summed E-state index contributed by atoms with van der Waals surface area (Å²) in [6.45, 7) is 2.66. The van der Waals surface area contributed by atoms with E-state index in [1.165, 1.54) is 0 Å². The second-order valence-corrected chi connectivity index (χ2v) is 4.77. The van der Waals surface area contributed by atoms with Gasteiger partial charge in [-0.3, -0.25) is 9.78 Å². The molecule has 0 atom stereocenters. The van der Waals surface area contributed by atoms with E-state index in [0.717, 1.165) is 16.6 Å². The summed E-state index contributed by atoms with van der Waals surface area (Å²) in [5.74, 6) is -0.176. The number of pyridine rings is 1. The fourth-order valence-corrected chi connectivity index (χ4v) is 2.38. The van der Waals surface area contributed by atoms with Crippen LogP contribution in [0.3, 0.4) is 0 Å². The van der Waals surface area contributed by atoms with E-state index in [4.69, 9.17) is 5.73 Å². The largest absolute Gasteiger partial charge is 0.397 e. The maximum absolute atomic E-state index is 12.4. The standard InChI is InChI=1S/C16H16N4O/c1-2-20-10-11(17)9-15(20)16(21)19-14-7-3-6-13-12(14)5-4-8-18-13/h3-10H,2,17H2,1H3,(H,19,21). The van der Waals surface area contributed by atoms with Crippen molar-refractivity contribution >= 4 is 28.2 Å². The van der Waals surface area contributed by atoms with Crippen molar-refractivity contribution in [2.45, 2.75) is 13.5 Å². The molecule has 21 heavy (non-hydrogen) atoms. The number of aromatic nitrogens is 2. The van der Waals surface area contributed by atoms with E-state index in [1.807, 2.05) is 41.8 Å². The van der Waals surface area contributed by atoms with Gasteiger partial charge in [0.25, 0.3) is 5.91 Å². The van der Waals surface area contributed by atoms with Gasteiger partial charge in [0.05, 0.1) is 16.9 Å². The monoisotopic (exact) mass is 280 g/mol. The van der Waals surface area contributed by atoms with Gasteiger partial charge in [-0.1, -0.05) is 6.07 Å². The molecule has 0 spiro atoms. The number of nitrogens with zero attached hydrogens (tertiary/aromatic N) is 2. The van der Waals surface area contributed by atoms with Crippen molar-refractivity contribution in [1.29, 1.82) is 0 Å². The highest BCUT2D eigenvalue weighted by atomic mass is 16.1. The molecule has 0 unspecified atom stereocenters. The number of hydrogen-bond acceptors (Lipinski definition) is 3. The molecule has 1 amide bonds. The normalized spacial score (nSPS) is 10.7. The Hall–Kier alpha value is -2.82. The van der Waals surface area contributed by atoms with Crippen LogP contribution in [0.2, 0.25) is 0 Å². The molecule has 0 saturated carbocycles. The smallest absolute Gasteiger partial charge is 0.272 e. The molecule has 0 aliphatic carbocycles. The topological polar surface area (TPSA) is 72.9 Å². The molecule has 0 radical (unpaired) electrons. The first-order chi connectivity index (χ1) is 10.2. The number of nitrogen functional groups attached to an aromatic ring is 1. The average Bonchev–Trinajstić information content (AvgIpc) is 2.89. The lowest BCUT2D eigenvalue weighted by Gasteiger charge is -2.09. The highest BCUT2D eigenvalue weighted by Crippen LogP contribution is 2.22. The van der Waals surface area contributed by atoms with Crippen molar-refractivity contribution < 1.29 is 4.79 Å². The van der Waals surface area contributed by atoms with Crippen LogP contribution in [0.15, 0.2) is 48.8 Å². The van der Waals surface area contributed by atoms with Crippen LogP contribution in [0.1, 0.15) is 17.4 Å². The maximum atomic E-state index is 12.4. The molecule has 3 rings (SSSR count). The lowest BCUT2D eigenvalue weighted by atomic mass is 10.2. The third-order valence-corrected chi connectivity index (χ3v) is 3.38. The predicted molar refractivity (Wildman–Crippen MR) is 84.2 cm³/mol. The maximum Gasteiger partial charge on any atom is 0.272 e. The van der Waals surface area contributed by atoms with Gasteiger partial charge in [0.1, 0.15) is 5.69 Å². The number of aryl methyl sites for hydroxylation is 1. The fraction of sp³-hybridized carbons (Fsp3) is 0.125. The van der Waals surface area contributed by atoms with Crippen molar-refractivity contribution in [2.24, 2.45) is 0 Å². The Balaban J connectivity index is 1.96. The zero-order chi connectivity index (χ0) is 14.8. The number of benzene rings is 1. The molecule has 5 nitrogen and oxygen atoms in total. The molecular weight excluding hydrogens is 264 g/mol. The van der Waals surface area contributed by atoms with Gasteiger partial charge in [-0.05, 0) is 37.3 Å². The molecule has 0 aliphatic rings. The number of nitrogens with one attached hydrogen (secondary N) is 1. The molecule has 5 heteroatoms. The van der Waals surface area contributed by atoms with Crippen molar-refractivity contribution in [3.63, 3.8) is 0 Å². The number of carbonyl (C=O) groups excluding carboxylic acids is 1. The number of nitrogens with two attached hydrogens (primary N) is 1. The van der Waals surface area contributed by atoms with Crippen LogP contribution in [0, 0.1) is 0 Å². The Labute approximate surface area is 122 Å². The second-order valence-electron chi connectivity index (χ2n) is 4.77. The average molecular weight is 280 g/mol. The summed E-state index contributed by atoms with van der Waals surface area (Å²) in [6.07, 6.45) is 3.50. The molecule has 2 heterocycles. The van der Waals surface area contributed by atoms with Crippen molar-refractivity contribution in [1.82, 2.24) is 9.55 Å². The van der Waals surface area contributed by atoms with E-state index in [1.54, 1.807) is 18.5 Å². The third kappa shape index (κ3) is 2.45. The first-order valence-electron chi connectivity index (χ1n) is 6.80. The van der Waals surface area contributed by atoms with Crippen LogP contribution in [0.25, 0.3) is 10.9 Å². The van der Waals surface area contributed by atoms with Crippen molar-refractivity contribution in [3.8, 4) is 0 Å². The van der Waals surface area contributed by atoms with E-state index in [9.17, 15) is 4.79 Å². The fourth-order valence-electron chi connectivity index (χ4n) is 2.38. The highest BCUT2D eigenvalue weighted by Gasteiger charge is 2.13. The Morgan fingerprint density at radius 3 is 3.00 bits per heavy atom. The number of rotatable bonds is 3. The van der Waals surface area contributed by atoms with Gasteiger partial charge in [0.2, 0.25) is 0 Å². The van der Waals surface area contributed by atoms with Crippen LogP contribution in [-0.2, 0) is 6.54 Å². The highest BCUT2D eigenvalue weighted by molar-refractivity contribution is 6.08. The molecule has 2 aromatic heterocycles. The first-order valence-corrected chi connectivity index (χ1v) is 6.80. The Morgan fingerprint density at radius 1 is 1.33 bits per heavy atom. The Kier molecular flexibility index (Phi) is 3.31. The molecule has 0 bridgehead atoms. The second kappa shape index (κ2) is 5.28. The minimum atomic E-state index is -0.176. The van der Waals surface area contributed by atoms with E-state index in [2.05, 4.69) is 10.3 Å². The SMILES string of the molecule is CCn1cc(N)cc1C(=O)Nc1cccc2ncccc12. The number of carbonyl (C=O) groups is 1. The number of amides is 1. The summed E-state index contributed by atoms with van der Waals surface area (Å²) >= 11 is 0. The number of anilines is 2. The summed E-state index contributed by atoms with van der Waals surface area (Å²) in [4.78, 5) is 16.7. The van der Waals surface area contributed by atoms with E-state index < -0.39 is 0 Å². The number of hydrogen-bond donors (Lipinski definition) is 2. The van der Waals surface area contributed by atoms with Gasteiger partial charge >= 0.3 is 0 Å². The molecule has 106 valence electrons. The zero-order valence-corrected chi connectivity index (χ0v) is 11.7. The predicted octanol–water partition coefficient (Wildman–Crippen LogP) is 2.89. The third-order valence-electron chi connectivity index (χ3n) is 3.38. The lowest BCUT2D eigenvalue weighted by Crippen LogP contribution is -2.16. The van der Waals surface area contributed by atoms with Crippen LogP contribution in [0.4, 0.5) is 11.4 Å². The molecule has 0 saturated heterocycles. The summed E-state index contributed by atoms with van der Waals surface area (Å²) in [5.41, 5.74) is 8.49. The lowest BCUT2D eigenvalue weighted by molar-refractivity contribution is 0.101. The summed E-state index contributed by atoms with van der Waals surface area (Å²) in [7, 11) is 0. The molecule has 0 aliphatic heterocycles.